The van der Waals surface area contributed by atoms with E-state index in [-0.39, 0.29) is 12.0 Å². The maximum absolute atomic E-state index is 11.5. The van der Waals surface area contributed by atoms with Crippen LogP contribution in [0.15, 0.2) is 18.2 Å². The summed E-state index contributed by atoms with van der Waals surface area (Å²) in [5.74, 6) is 0.440. The Morgan fingerprint density at radius 1 is 1.53 bits per heavy atom. The van der Waals surface area contributed by atoms with Crippen LogP contribution in [-0.2, 0) is 4.74 Å². The predicted octanol–water partition coefficient (Wildman–Crippen LogP) is 1.58. The van der Waals surface area contributed by atoms with E-state index in [9.17, 15) is 4.79 Å². The van der Waals surface area contributed by atoms with Crippen molar-refractivity contribution in [1.29, 1.82) is 0 Å². The third-order valence-corrected chi connectivity index (χ3v) is 3.20. The second-order valence-electron chi connectivity index (χ2n) is 4.63. The molecule has 2 rings (SSSR count). The zero-order valence-electron chi connectivity index (χ0n) is 11.1. The Hall–Kier alpha value is -1.75. The van der Waals surface area contributed by atoms with Crippen LogP contribution >= 0.6 is 0 Å². The quantitative estimate of drug-likeness (QED) is 0.810. The number of carbonyl (C=O) groups excluding carboxylic acids is 1. The van der Waals surface area contributed by atoms with Crippen molar-refractivity contribution in [2.75, 3.05) is 26.0 Å². The van der Waals surface area contributed by atoms with Crippen molar-refractivity contribution in [3.05, 3.63) is 23.8 Å². The molecule has 1 aromatic rings. The van der Waals surface area contributed by atoms with Crippen LogP contribution in [0.1, 0.15) is 29.6 Å². The number of hydrogen-bond donors (Lipinski definition) is 2. The molecule has 1 unspecified atom stereocenters. The molecule has 0 saturated carbocycles. The lowest BCUT2D eigenvalue weighted by Crippen LogP contribution is -2.26. The summed E-state index contributed by atoms with van der Waals surface area (Å²) < 4.78 is 11.3. The van der Waals surface area contributed by atoms with E-state index in [1.54, 1.807) is 25.2 Å². The number of rotatable bonds is 4. The Balaban J connectivity index is 1.95. The first kappa shape index (κ1) is 13.7. The number of anilines is 1. The molecule has 0 aromatic heterocycles. The van der Waals surface area contributed by atoms with Gasteiger partial charge in [0.25, 0.3) is 5.91 Å². The lowest BCUT2D eigenvalue weighted by Gasteiger charge is -2.23. The van der Waals surface area contributed by atoms with Crippen molar-refractivity contribution >= 4 is 11.6 Å². The Morgan fingerprint density at radius 2 is 2.37 bits per heavy atom. The lowest BCUT2D eigenvalue weighted by molar-refractivity contribution is -0.0109. The fraction of sp³-hybridized carbons (Fsp3) is 0.500. The third-order valence-electron chi connectivity index (χ3n) is 3.20. The van der Waals surface area contributed by atoms with Gasteiger partial charge in [0.2, 0.25) is 0 Å². The minimum atomic E-state index is -0.158. The second-order valence-corrected chi connectivity index (χ2v) is 4.63. The van der Waals surface area contributed by atoms with E-state index in [1.165, 1.54) is 6.42 Å². The van der Waals surface area contributed by atoms with Gasteiger partial charge in [-0.2, -0.15) is 0 Å². The molecule has 5 nitrogen and oxygen atoms in total. The Bertz CT molecular complexity index is 442. The van der Waals surface area contributed by atoms with Gasteiger partial charge >= 0.3 is 0 Å². The van der Waals surface area contributed by atoms with Crippen LogP contribution in [0.2, 0.25) is 0 Å². The highest BCUT2D eigenvalue weighted by Crippen LogP contribution is 2.23. The molecule has 5 heteroatoms. The summed E-state index contributed by atoms with van der Waals surface area (Å²) in [6.45, 7) is 1.31. The van der Waals surface area contributed by atoms with Gasteiger partial charge in [0, 0.05) is 19.2 Å². The zero-order chi connectivity index (χ0) is 13.7. The van der Waals surface area contributed by atoms with Gasteiger partial charge in [-0.1, -0.05) is 0 Å². The number of nitrogen functional groups attached to an aromatic ring is 1. The first-order valence-electron chi connectivity index (χ1n) is 6.56. The molecule has 1 amide bonds. The minimum absolute atomic E-state index is 0.145. The van der Waals surface area contributed by atoms with E-state index < -0.39 is 0 Å². The molecule has 3 N–H and O–H groups in total. The van der Waals surface area contributed by atoms with Crippen LogP contribution < -0.4 is 15.8 Å². The summed E-state index contributed by atoms with van der Waals surface area (Å²) in [6.07, 6.45) is 3.47. The molecule has 0 spiro atoms. The topological polar surface area (TPSA) is 73.6 Å². The van der Waals surface area contributed by atoms with Crippen molar-refractivity contribution in [3.8, 4) is 5.75 Å². The molecule has 1 fully saturated rings. The normalized spacial score (nSPS) is 18.9. The molecule has 19 heavy (non-hydrogen) atoms. The molecule has 104 valence electrons. The van der Waals surface area contributed by atoms with Crippen molar-refractivity contribution in [3.63, 3.8) is 0 Å². The van der Waals surface area contributed by atoms with Crippen LogP contribution in [0.3, 0.4) is 0 Å². The number of ether oxygens (including phenoxy) is 2. The third kappa shape index (κ3) is 3.61. The maximum Gasteiger partial charge on any atom is 0.251 e. The van der Waals surface area contributed by atoms with Gasteiger partial charge in [-0.25, -0.2) is 0 Å². The molecule has 0 radical (unpaired) electrons. The predicted molar refractivity (Wildman–Crippen MR) is 73.3 cm³/mol. The largest absolute Gasteiger partial charge is 0.489 e. The molecule has 1 aliphatic heterocycles. The van der Waals surface area contributed by atoms with E-state index in [2.05, 4.69) is 5.32 Å². The first-order valence-corrected chi connectivity index (χ1v) is 6.56. The fourth-order valence-corrected chi connectivity index (χ4v) is 2.09. The average Bonchev–Trinajstić information content (AvgIpc) is 2.46. The Morgan fingerprint density at radius 3 is 3.00 bits per heavy atom. The monoisotopic (exact) mass is 264 g/mol. The molecule has 1 atom stereocenters. The highest BCUT2D eigenvalue weighted by molar-refractivity contribution is 5.95. The highest BCUT2D eigenvalue weighted by atomic mass is 16.5. The summed E-state index contributed by atoms with van der Waals surface area (Å²) in [5, 5.41) is 2.56. The Kier molecular flexibility index (Phi) is 4.63. The van der Waals surface area contributed by atoms with Crippen molar-refractivity contribution in [1.82, 2.24) is 5.32 Å². The van der Waals surface area contributed by atoms with Gasteiger partial charge in [0.15, 0.2) is 0 Å². The van der Waals surface area contributed by atoms with Gasteiger partial charge in [0.05, 0.1) is 11.8 Å². The first-order chi connectivity index (χ1) is 9.20. The summed E-state index contributed by atoms with van der Waals surface area (Å²) in [5.41, 5.74) is 6.88. The molecule has 0 bridgehead atoms. The fourth-order valence-electron chi connectivity index (χ4n) is 2.09. The highest BCUT2D eigenvalue weighted by Gasteiger charge is 2.15. The summed E-state index contributed by atoms with van der Waals surface area (Å²) in [7, 11) is 1.59. The molecule has 1 aliphatic rings. The zero-order valence-corrected chi connectivity index (χ0v) is 11.1. The van der Waals surface area contributed by atoms with E-state index in [1.807, 2.05) is 0 Å². The SMILES string of the molecule is CNC(=O)c1ccc(OCC2CCCCO2)c(N)c1. The molecule has 1 heterocycles. The Labute approximate surface area is 113 Å². The summed E-state index contributed by atoms with van der Waals surface area (Å²) in [6, 6.07) is 5.05. The van der Waals surface area contributed by atoms with Crippen LogP contribution in [0, 0.1) is 0 Å². The van der Waals surface area contributed by atoms with Gasteiger partial charge < -0.3 is 20.5 Å². The molecule has 0 aliphatic carbocycles. The van der Waals surface area contributed by atoms with Crippen molar-refractivity contribution < 1.29 is 14.3 Å². The molecule has 1 saturated heterocycles. The number of nitrogens with one attached hydrogen (secondary N) is 1. The molecule has 1 aromatic carbocycles. The average molecular weight is 264 g/mol. The standard InChI is InChI=1S/C14H20N2O3/c1-16-14(17)10-5-6-13(12(15)8-10)19-9-11-4-2-3-7-18-11/h5-6,8,11H,2-4,7,9,15H2,1H3,(H,16,17). The van der Waals surface area contributed by atoms with Crippen LogP contribution in [0.5, 0.6) is 5.75 Å². The van der Waals surface area contributed by atoms with Gasteiger partial charge in [-0.05, 0) is 37.5 Å². The molecular weight excluding hydrogens is 244 g/mol. The summed E-state index contributed by atoms with van der Waals surface area (Å²) in [4.78, 5) is 11.5. The number of amides is 1. The maximum atomic E-state index is 11.5. The van der Waals surface area contributed by atoms with Gasteiger partial charge in [-0.3, -0.25) is 4.79 Å². The van der Waals surface area contributed by atoms with E-state index in [4.69, 9.17) is 15.2 Å². The lowest BCUT2D eigenvalue weighted by atomic mass is 10.1. The van der Waals surface area contributed by atoms with E-state index in [0.717, 1.165) is 19.4 Å². The number of benzene rings is 1. The van der Waals surface area contributed by atoms with E-state index in [0.29, 0.717) is 23.6 Å². The number of nitrogens with two attached hydrogens (primary N) is 1. The van der Waals surface area contributed by atoms with Crippen molar-refractivity contribution in [2.24, 2.45) is 0 Å². The van der Waals surface area contributed by atoms with Crippen molar-refractivity contribution in [2.45, 2.75) is 25.4 Å². The van der Waals surface area contributed by atoms with Gasteiger partial charge in [0.1, 0.15) is 12.4 Å². The smallest absolute Gasteiger partial charge is 0.251 e. The number of hydrogen-bond acceptors (Lipinski definition) is 4. The van der Waals surface area contributed by atoms with Crippen LogP contribution in [-0.4, -0.2) is 32.3 Å². The van der Waals surface area contributed by atoms with Crippen LogP contribution in [0.4, 0.5) is 5.69 Å². The second kappa shape index (κ2) is 6.43. The summed E-state index contributed by atoms with van der Waals surface area (Å²) >= 11 is 0. The van der Waals surface area contributed by atoms with Crippen LogP contribution in [0.25, 0.3) is 0 Å². The minimum Gasteiger partial charge on any atom is -0.489 e. The molecular formula is C14H20N2O3. The van der Waals surface area contributed by atoms with Gasteiger partial charge in [-0.15, -0.1) is 0 Å². The number of carbonyl (C=O) groups is 1. The van der Waals surface area contributed by atoms with E-state index >= 15 is 0 Å².